The highest BCUT2D eigenvalue weighted by atomic mass is 16.3. The summed E-state index contributed by atoms with van der Waals surface area (Å²) in [6.45, 7) is 4.58. The molecule has 3 heteroatoms. The predicted octanol–water partition coefficient (Wildman–Crippen LogP) is 2.11. The van der Waals surface area contributed by atoms with Crippen LogP contribution in [0, 0.1) is 0 Å². The summed E-state index contributed by atoms with van der Waals surface area (Å²) in [5.41, 5.74) is 1.35. The second kappa shape index (κ2) is 5.93. The summed E-state index contributed by atoms with van der Waals surface area (Å²) in [7, 11) is 0. The highest BCUT2D eigenvalue weighted by molar-refractivity contribution is 5.46. The molecular weight excluding hydrogens is 236 g/mol. The van der Waals surface area contributed by atoms with Gasteiger partial charge in [-0.05, 0) is 37.8 Å². The summed E-state index contributed by atoms with van der Waals surface area (Å²) < 4.78 is 0. The molecule has 1 saturated carbocycles. The molecule has 3 rings (SSSR count). The molecular formula is C16H24N2O. The van der Waals surface area contributed by atoms with Gasteiger partial charge in [0, 0.05) is 37.9 Å². The van der Waals surface area contributed by atoms with Gasteiger partial charge in [-0.2, -0.15) is 0 Å². The lowest BCUT2D eigenvalue weighted by molar-refractivity contribution is 0.0711. The van der Waals surface area contributed by atoms with Crippen LogP contribution in [0.15, 0.2) is 30.3 Å². The van der Waals surface area contributed by atoms with Gasteiger partial charge in [0.25, 0.3) is 0 Å². The van der Waals surface area contributed by atoms with Crippen LogP contribution in [-0.4, -0.2) is 48.3 Å². The standard InChI is InChI=1S/C16H24N2O/c19-16-8-6-15(7-9-16)18-12-10-17(11-13-18)14-4-2-1-3-5-14/h1-5,15-16,19H,6-13H2. The molecule has 1 N–H and O–H groups in total. The number of piperazine rings is 1. The zero-order valence-electron chi connectivity index (χ0n) is 11.5. The number of anilines is 1. The highest BCUT2D eigenvalue weighted by Crippen LogP contribution is 2.25. The van der Waals surface area contributed by atoms with E-state index in [-0.39, 0.29) is 6.10 Å². The van der Waals surface area contributed by atoms with Crippen molar-refractivity contribution in [2.75, 3.05) is 31.1 Å². The van der Waals surface area contributed by atoms with Crippen molar-refractivity contribution in [3.63, 3.8) is 0 Å². The van der Waals surface area contributed by atoms with Crippen LogP contribution in [0.4, 0.5) is 5.69 Å². The molecule has 2 fully saturated rings. The maximum Gasteiger partial charge on any atom is 0.0541 e. The molecule has 19 heavy (non-hydrogen) atoms. The number of para-hydroxylation sites is 1. The van der Waals surface area contributed by atoms with E-state index in [2.05, 4.69) is 40.1 Å². The Bertz CT molecular complexity index is 379. The van der Waals surface area contributed by atoms with Gasteiger partial charge in [0.1, 0.15) is 0 Å². The molecule has 1 aliphatic heterocycles. The quantitative estimate of drug-likeness (QED) is 0.882. The zero-order chi connectivity index (χ0) is 13.1. The van der Waals surface area contributed by atoms with Crippen molar-refractivity contribution in [1.29, 1.82) is 0 Å². The average Bonchev–Trinajstić information content (AvgIpc) is 2.49. The van der Waals surface area contributed by atoms with Crippen molar-refractivity contribution >= 4 is 5.69 Å². The van der Waals surface area contributed by atoms with Crippen LogP contribution < -0.4 is 4.90 Å². The van der Waals surface area contributed by atoms with Crippen molar-refractivity contribution < 1.29 is 5.11 Å². The molecule has 0 radical (unpaired) electrons. The molecule has 0 spiro atoms. The van der Waals surface area contributed by atoms with E-state index in [1.807, 2.05) is 0 Å². The molecule has 0 bridgehead atoms. The molecule has 1 aromatic rings. The molecule has 0 atom stereocenters. The summed E-state index contributed by atoms with van der Waals surface area (Å²) in [4.78, 5) is 5.11. The maximum absolute atomic E-state index is 9.59. The highest BCUT2D eigenvalue weighted by Gasteiger charge is 2.27. The van der Waals surface area contributed by atoms with Gasteiger partial charge in [0.2, 0.25) is 0 Å². The second-order valence-corrected chi connectivity index (χ2v) is 5.82. The van der Waals surface area contributed by atoms with Crippen LogP contribution in [0.2, 0.25) is 0 Å². The Kier molecular flexibility index (Phi) is 4.04. The fourth-order valence-corrected chi connectivity index (χ4v) is 3.41. The van der Waals surface area contributed by atoms with Crippen LogP contribution >= 0.6 is 0 Å². The Morgan fingerprint density at radius 3 is 2.11 bits per heavy atom. The summed E-state index contributed by atoms with van der Waals surface area (Å²) in [6.07, 6.45) is 4.29. The van der Waals surface area contributed by atoms with Crippen LogP contribution in [0.1, 0.15) is 25.7 Å². The molecule has 0 unspecified atom stereocenters. The molecule has 2 aliphatic rings. The first-order valence-corrected chi connectivity index (χ1v) is 7.55. The van der Waals surface area contributed by atoms with Gasteiger partial charge in [-0.15, -0.1) is 0 Å². The second-order valence-electron chi connectivity index (χ2n) is 5.82. The van der Waals surface area contributed by atoms with Gasteiger partial charge in [-0.3, -0.25) is 4.90 Å². The minimum atomic E-state index is -0.0399. The summed E-state index contributed by atoms with van der Waals surface area (Å²) in [5.74, 6) is 0. The van der Waals surface area contributed by atoms with Crippen molar-refractivity contribution in [3.8, 4) is 0 Å². The van der Waals surface area contributed by atoms with E-state index < -0.39 is 0 Å². The fourth-order valence-electron chi connectivity index (χ4n) is 3.41. The zero-order valence-corrected chi connectivity index (χ0v) is 11.5. The molecule has 0 aromatic heterocycles. The van der Waals surface area contributed by atoms with Crippen LogP contribution in [0.3, 0.4) is 0 Å². The first kappa shape index (κ1) is 12.9. The van der Waals surface area contributed by atoms with E-state index in [1.165, 1.54) is 18.5 Å². The fraction of sp³-hybridized carbons (Fsp3) is 0.625. The third-order valence-electron chi connectivity index (χ3n) is 4.62. The largest absolute Gasteiger partial charge is 0.393 e. The lowest BCUT2D eigenvalue weighted by Gasteiger charge is -2.42. The third kappa shape index (κ3) is 3.10. The number of aliphatic hydroxyl groups is 1. The smallest absolute Gasteiger partial charge is 0.0541 e. The number of hydrogen-bond acceptors (Lipinski definition) is 3. The lowest BCUT2D eigenvalue weighted by atomic mass is 9.91. The normalized spacial score (nSPS) is 29.4. The van der Waals surface area contributed by atoms with Gasteiger partial charge >= 0.3 is 0 Å². The Labute approximate surface area is 115 Å². The molecule has 3 nitrogen and oxygen atoms in total. The number of hydrogen-bond donors (Lipinski definition) is 1. The summed E-state index contributed by atoms with van der Waals surface area (Å²) in [6, 6.07) is 11.4. The minimum Gasteiger partial charge on any atom is -0.393 e. The molecule has 0 amide bonds. The summed E-state index contributed by atoms with van der Waals surface area (Å²) in [5, 5.41) is 9.59. The number of benzene rings is 1. The maximum atomic E-state index is 9.59. The molecule has 1 aromatic carbocycles. The van der Waals surface area contributed by atoms with Crippen LogP contribution in [0.5, 0.6) is 0 Å². The third-order valence-corrected chi connectivity index (χ3v) is 4.62. The van der Waals surface area contributed by atoms with E-state index in [1.54, 1.807) is 0 Å². The van der Waals surface area contributed by atoms with Gasteiger partial charge in [-0.25, -0.2) is 0 Å². The first-order chi connectivity index (χ1) is 9.33. The monoisotopic (exact) mass is 260 g/mol. The molecule has 104 valence electrons. The van der Waals surface area contributed by atoms with Gasteiger partial charge in [0.05, 0.1) is 6.10 Å². The average molecular weight is 260 g/mol. The van der Waals surface area contributed by atoms with Crippen molar-refractivity contribution in [2.45, 2.75) is 37.8 Å². The number of nitrogens with zero attached hydrogens (tertiary/aromatic N) is 2. The van der Waals surface area contributed by atoms with Gasteiger partial charge in [-0.1, -0.05) is 18.2 Å². The van der Waals surface area contributed by atoms with E-state index >= 15 is 0 Å². The van der Waals surface area contributed by atoms with Crippen LogP contribution in [0.25, 0.3) is 0 Å². The molecule has 1 aliphatic carbocycles. The minimum absolute atomic E-state index is 0.0399. The Morgan fingerprint density at radius 1 is 0.842 bits per heavy atom. The first-order valence-electron chi connectivity index (χ1n) is 7.55. The van der Waals surface area contributed by atoms with Gasteiger partial charge in [0.15, 0.2) is 0 Å². The van der Waals surface area contributed by atoms with Crippen LogP contribution in [-0.2, 0) is 0 Å². The number of rotatable bonds is 2. The van der Waals surface area contributed by atoms with E-state index in [0.29, 0.717) is 6.04 Å². The molecule has 1 saturated heterocycles. The van der Waals surface area contributed by atoms with E-state index in [4.69, 9.17) is 0 Å². The Morgan fingerprint density at radius 2 is 1.47 bits per heavy atom. The summed E-state index contributed by atoms with van der Waals surface area (Å²) >= 11 is 0. The lowest BCUT2D eigenvalue weighted by Crippen LogP contribution is -2.51. The van der Waals surface area contributed by atoms with E-state index in [9.17, 15) is 5.11 Å². The SMILES string of the molecule is OC1CCC(N2CCN(c3ccccc3)CC2)CC1. The predicted molar refractivity (Wildman–Crippen MR) is 78.5 cm³/mol. The van der Waals surface area contributed by atoms with E-state index in [0.717, 1.165) is 39.0 Å². The van der Waals surface area contributed by atoms with Crippen molar-refractivity contribution in [1.82, 2.24) is 4.90 Å². The Hall–Kier alpha value is -1.06. The molecule has 1 heterocycles. The van der Waals surface area contributed by atoms with Gasteiger partial charge < -0.3 is 10.0 Å². The van der Waals surface area contributed by atoms with Crippen molar-refractivity contribution in [2.24, 2.45) is 0 Å². The Balaban J connectivity index is 1.52. The number of aliphatic hydroxyl groups excluding tert-OH is 1. The topological polar surface area (TPSA) is 26.7 Å². The van der Waals surface area contributed by atoms with Crippen molar-refractivity contribution in [3.05, 3.63) is 30.3 Å².